The number of ether oxygens (including phenoxy) is 1. The summed E-state index contributed by atoms with van der Waals surface area (Å²) in [6.07, 6.45) is 5.43. The normalized spacial score (nSPS) is 13.6. The summed E-state index contributed by atoms with van der Waals surface area (Å²) < 4.78 is 7.80. The van der Waals surface area contributed by atoms with Gasteiger partial charge in [-0.1, -0.05) is 12.1 Å². The van der Waals surface area contributed by atoms with Crippen LogP contribution in [0.4, 0.5) is 10.8 Å². The van der Waals surface area contributed by atoms with E-state index in [-0.39, 0.29) is 18.2 Å². The number of thiazole rings is 1. The van der Waals surface area contributed by atoms with Gasteiger partial charge in [-0.05, 0) is 30.7 Å². The highest BCUT2D eigenvalue weighted by Gasteiger charge is 2.24. The van der Waals surface area contributed by atoms with Gasteiger partial charge in [-0.25, -0.2) is 9.97 Å². The zero-order valence-electron chi connectivity index (χ0n) is 17.2. The Hall–Kier alpha value is -3.72. The molecule has 8 nitrogen and oxygen atoms in total. The molecule has 1 aliphatic rings. The Kier molecular flexibility index (Phi) is 5.55. The van der Waals surface area contributed by atoms with Crippen molar-refractivity contribution in [3.63, 3.8) is 0 Å². The van der Waals surface area contributed by atoms with Crippen LogP contribution in [0.5, 0.6) is 5.75 Å². The first-order chi connectivity index (χ1) is 15.6. The largest absolute Gasteiger partial charge is 0.487 e. The Bertz CT molecular complexity index is 1250. The minimum Gasteiger partial charge on any atom is -0.487 e. The van der Waals surface area contributed by atoms with Gasteiger partial charge >= 0.3 is 0 Å². The lowest BCUT2D eigenvalue weighted by atomic mass is 10.2. The number of imidazole rings is 1. The third kappa shape index (κ3) is 4.47. The predicted octanol–water partition coefficient (Wildman–Crippen LogP) is 3.68. The average molecular weight is 448 g/mol. The van der Waals surface area contributed by atoms with E-state index in [0.29, 0.717) is 41.8 Å². The Labute approximate surface area is 188 Å². The summed E-state index contributed by atoms with van der Waals surface area (Å²) in [7, 11) is 0. The van der Waals surface area contributed by atoms with E-state index in [9.17, 15) is 9.59 Å². The second-order valence-corrected chi connectivity index (χ2v) is 8.35. The molecule has 9 heteroatoms. The van der Waals surface area contributed by atoms with E-state index in [0.717, 1.165) is 17.8 Å². The Morgan fingerprint density at radius 1 is 1.16 bits per heavy atom. The van der Waals surface area contributed by atoms with Crippen molar-refractivity contribution >= 4 is 39.6 Å². The van der Waals surface area contributed by atoms with Crippen molar-refractivity contribution < 1.29 is 14.3 Å². The van der Waals surface area contributed by atoms with E-state index in [1.807, 2.05) is 58.6 Å². The summed E-state index contributed by atoms with van der Waals surface area (Å²) in [6.45, 7) is 1.02. The van der Waals surface area contributed by atoms with Crippen molar-refractivity contribution in [1.82, 2.24) is 14.4 Å². The average Bonchev–Trinajstić information content (AvgIpc) is 3.51. The van der Waals surface area contributed by atoms with Crippen LogP contribution in [-0.4, -0.2) is 32.7 Å². The number of nitrogens with one attached hydrogen (secondary N) is 1. The van der Waals surface area contributed by atoms with Gasteiger partial charge in [-0.2, -0.15) is 0 Å². The number of fused-ring (bicyclic) bond motifs is 1. The fraction of sp³-hybridized carbons (Fsp3) is 0.217. The summed E-state index contributed by atoms with van der Waals surface area (Å²) >= 11 is 1.39. The quantitative estimate of drug-likeness (QED) is 0.467. The Morgan fingerprint density at radius 2 is 2.09 bits per heavy atom. The van der Waals surface area contributed by atoms with Crippen LogP contribution in [-0.2, 0) is 22.6 Å². The first-order valence-corrected chi connectivity index (χ1v) is 11.2. The monoisotopic (exact) mass is 447 g/mol. The summed E-state index contributed by atoms with van der Waals surface area (Å²) in [6, 6.07) is 13.1. The van der Waals surface area contributed by atoms with Crippen molar-refractivity contribution in [2.75, 3.05) is 16.8 Å². The number of pyridine rings is 1. The van der Waals surface area contributed by atoms with Gasteiger partial charge in [0.15, 0.2) is 5.13 Å². The molecular formula is C23H21N5O3S. The molecule has 162 valence electrons. The van der Waals surface area contributed by atoms with Gasteiger partial charge in [0.1, 0.15) is 18.0 Å². The molecule has 3 aromatic heterocycles. The topological polar surface area (TPSA) is 88.8 Å². The van der Waals surface area contributed by atoms with Gasteiger partial charge < -0.3 is 14.5 Å². The van der Waals surface area contributed by atoms with Crippen molar-refractivity contribution in [1.29, 1.82) is 0 Å². The number of carbonyl (C=O) groups excluding carboxylic acids is 2. The second-order valence-electron chi connectivity index (χ2n) is 7.51. The van der Waals surface area contributed by atoms with E-state index in [2.05, 4.69) is 15.3 Å². The lowest BCUT2D eigenvalue weighted by Crippen LogP contribution is -2.23. The van der Waals surface area contributed by atoms with E-state index in [4.69, 9.17) is 4.74 Å². The van der Waals surface area contributed by atoms with Crippen molar-refractivity contribution in [2.45, 2.75) is 25.9 Å². The Balaban J connectivity index is 1.18. The number of hydrogen-bond donors (Lipinski definition) is 1. The lowest BCUT2D eigenvalue weighted by molar-refractivity contribution is -0.117. The number of benzene rings is 1. The molecule has 4 aromatic rings. The first kappa shape index (κ1) is 20.2. The van der Waals surface area contributed by atoms with Crippen molar-refractivity contribution in [2.24, 2.45) is 0 Å². The SMILES string of the molecule is O=C(Cc1csc(N2CCCC2=O)n1)Nc1cccc(OCc2cn3ccccc3n2)c1. The number of hydrogen-bond acceptors (Lipinski definition) is 6. The molecule has 0 radical (unpaired) electrons. The summed E-state index contributed by atoms with van der Waals surface area (Å²) in [5.74, 6) is 0.561. The van der Waals surface area contributed by atoms with Crippen molar-refractivity contribution in [3.8, 4) is 5.75 Å². The van der Waals surface area contributed by atoms with Crippen LogP contribution in [0.25, 0.3) is 5.65 Å². The molecule has 5 rings (SSSR count). The number of carbonyl (C=O) groups is 2. The van der Waals surface area contributed by atoms with E-state index < -0.39 is 0 Å². The van der Waals surface area contributed by atoms with E-state index >= 15 is 0 Å². The number of amides is 2. The number of rotatable bonds is 7. The van der Waals surface area contributed by atoms with Gasteiger partial charge in [0.05, 0.1) is 17.8 Å². The fourth-order valence-corrected chi connectivity index (χ4v) is 4.47. The van der Waals surface area contributed by atoms with Crippen molar-refractivity contribution in [3.05, 3.63) is 71.6 Å². The van der Waals surface area contributed by atoms with Crippen LogP contribution >= 0.6 is 11.3 Å². The van der Waals surface area contributed by atoms with Crippen LogP contribution in [0.1, 0.15) is 24.2 Å². The van der Waals surface area contributed by atoms with Gasteiger partial charge in [0.2, 0.25) is 11.8 Å². The number of aromatic nitrogens is 3. The molecular weight excluding hydrogens is 426 g/mol. The molecule has 32 heavy (non-hydrogen) atoms. The molecule has 1 saturated heterocycles. The van der Waals surface area contributed by atoms with Crippen LogP contribution in [0.15, 0.2) is 60.2 Å². The third-order valence-corrected chi connectivity index (χ3v) is 6.02. The highest BCUT2D eigenvalue weighted by atomic mass is 32.1. The smallest absolute Gasteiger partial charge is 0.230 e. The molecule has 1 aromatic carbocycles. The van der Waals surface area contributed by atoms with Gasteiger partial charge in [-0.3, -0.25) is 14.5 Å². The molecule has 0 bridgehead atoms. The zero-order chi connectivity index (χ0) is 21.9. The molecule has 4 heterocycles. The molecule has 0 saturated carbocycles. The first-order valence-electron chi connectivity index (χ1n) is 10.3. The number of anilines is 2. The predicted molar refractivity (Wildman–Crippen MR) is 122 cm³/mol. The number of nitrogens with zero attached hydrogens (tertiary/aromatic N) is 4. The second kappa shape index (κ2) is 8.80. The van der Waals surface area contributed by atoms with Gasteiger partial charge in [0.25, 0.3) is 0 Å². The van der Waals surface area contributed by atoms with Crippen LogP contribution in [0.2, 0.25) is 0 Å². The maximum absolute atomic E-state index is 12.5. The summed E-state index contributed by atoms with van der Waals surface area (Å²) in [4.78, 5) is 35.0. The van der Waals surface area contributed by atoms with Crippen LogP contribution in [0.3, 0.4) is 0 Å². The van der Waals surface area contributed by atoms with Gasteiger partial charge in [-0.15, -0.1) is 11.3 Å². The molecule has 0 aliphatic carbocycles. The maximum Gasteiger partial charge on any atom is 0.230 e. The maximum atomic E-state index is 12.5. The Morgan fingerprint density at radius 3 is 2.94 bits per heavy atom. The molecule has 2 amide bonds. The lowest BCUT2D eigenvalue weighted by Gasteiger charge is -2.10. The highest BCUT2D eigenvalue weighted by Crippen LogP contribution is 2.26. The molecule has 1 aliphatic heterocycles. The minimum atomic E-state index is -0.174. The van der Waals surface area contributed by atoms with Crippen LogP contribution < -0.4 is 15.0 Å². The molecule has 1 fully saturated rings. The fourth-order valence-electron chi connectivity index (χ4n) is 3.60. The zero-order valence-corrected chi connectivity index (χ0v) is 18.0. The van der Waals surface area contributed by atoms with Crippen LogP contribution in [0, 0.1) is 0 Å². The minimum absolute atomic E-state index is 0.0933. The molecule has 1 N–H and O–H groups in total. The highest BCUT2D eigenvalue weighted by molar-refractivity contribution is 7.14. The standard InChI is InChI=1S/C23H21N5O3S/c29-21(12-17-15-32-23(26-17)28-10-4-8-22(28)30)25-16-5-3-6-19(11-16)31-14-18-13-27-9-2-1-7-20(27)24-18/h1-3,5-7,9,11,13,15H,4,8,10,12,14H2,(H,25,29). The van der Waals surface area contributed by atoms with E-state index in [1.54, 1.807) is 11.0 Å². The van der Waals surface area contributed by atoms with E-state index in [1.165, 1.54) is 11.3 Å². The van der Waals surface area contributed by atoms with Gasteiger partial charge in [0, 0.05) is 42.5 Å². The molecule has 0 atom stereocenters. The molecule has 0 spiro atoms. The molecule has 0 unspecified atom stereocenters. The third-order valence-electron chi connectivity index (χ3n) is 5.10. The summed E-state index contributed by atoms with van der Waals surface area (Å²) in [5.41, 5.74) is 2.99. The summed E-state index contributed by atoms with van der Waals surface area (Å²) in [5, 5.41) is 5.38.